The van der Waals surface area contributed by atoms with E-state index in [1.54, 1.807) is 0 Å². The molecule has 1 aliphatic rings. The highest BCUT2D eigenvalue weighted by Gasteiger charge is 2.43. The molecule has 2 rings (SSSR count). The first kappa shape index (κ1) is 7.74. The highest BCUT2D eigenvalue weighted by Crippen LogP contribution is 2.47. The number of aryl methyl sites for hydroxylation is 1. The minimum absolute atomic E-state index is 0.0701. The Morgan fingerprint density at radius 1 is 1.50 bits per heavy atom. The first-order chi connectivity index (χ1) is 5.77. The van der Waals surface area contributed by atoms with Gasteiger partial charge in [0, 0.05) is 17.3 Å². The van der Waals surface area contributed by atoms with Gasteiger partial charge in [-0.15, -0.1) is 0 Å². The summed E-state index contributed by atoms with van der Waals surface area (Å²) in [4.78, 5) is 4.22. The van der Waals surface area contributed by atoms with Gasteiger partial charge in [-0.05, 0) is 31.4 Å². The minimum Gasteiger partial charge on any atom is -0.395 e. The van der Waals surface area contributed by atoms with Crippen molar-refractivity contribution in [1.82, 2.24) is 4.98 Å². The summed E-state index contributed by atoms with van der Waals surface area (Å²) < 4.78 is 0. The average molecular weight is 163 g/mol. The first-order valence-electron chi connectivity index (χ1n) is 4.31. The Hall–Kier alpha value is -0.890. The molecule has 1 aromatic rings. The summed E-state index contributed by atoms with van der Waals surface area (Å²) >= 11 is 0. The van der Waals surface area contributed by atoms with Gasteiger partial charge >= 0.3 is 0 Å². The standard InChI is InChI=1S/C10H13NO/c1-8-2-3-9(6-11-8)10(7-12)4-5-10/h2-3,6,12H,4-5,7H2,1H3. The van der Waals surface area contributed by atoms with E-state index in [9.17, 15) is 0 Å². The van der Waals surface area contributed by atoms with Gasteiger partial charge in [-0.3, -0.25) is 4.98 Å². The zero-order chi connectivity index (χ0) is 8.60. The van der Waals surface area contributed by atoms with Crippen LogP contribution in [0.3, 0.4) is 0 Å². The molecule has 1 heterocycles. The molecular formula is C10H13NO. The van der Waals surface area contributed by atoms with Gasteiger partial charge in [0.2, 0.25) is 0 Å². The quantitative estimate of drug-likeness (QED) is 0.715. The number of nitrogens with zero attached hydrogens (tertiary/aromatic N) is 1. The maximum absolute atomic E-state index is 9.15. The smallest absolute Gasteiger partial charge is 0.0528 e. The third kappa shape index (κ3) is 1.12. The lowest BCUT2D eigenvalue weighted by atomic mass is 9.99. The Kier molecular flexibility index (Phi) is 1.65. The monoisotopic (exact) mass is 163 g/mol. The Morgan fingerprint density at radius 3 is 2.67 bits per heavy atom. The Bertz CT molecular complexity index is 274. The Balaban J connectivity index is 2.29. The molecule has 1 fully saturated rings. The molecule has 12 heavy (non-hydrogen) atoms. The van der Waals surface area contributed by atoms with E-state index in [0.717, 1.165) is 18.5 Å². The fourth-order valence-corrected chi connectivity index (χ4v) is 1.47. The molecule has 1 saturated carbocycles. The Labute approximate surface area is 72.3 Å². The molecular weight excluding hydrogens is 150 g/mol. The summed E-state index contributed by atoms with van der Waals surface area (Å²) in [6.45, 7) is 2.24. The van der Waals surface area contributed by atoms with Gasteiger partial charge in [0.05, 0.1) is 6.61 Å². The second-order valence-corrected chi connectivity index (χ2v) is 3.63. The van der Waals surface area contributed by atoms with Crippen molar-refractivity contribution in [1.29, 1.82) is 0 Å². The summed E-state index contributed by atoms with van der Waals surface area (Å²) in [7, 11) is 0. The Morgan fingerprint density at radius 2 is 2.25 bits per heavy atom. The fraction of sp³-hybridized carbons (Fsp3) is 0.500. The van der Waals surface area contributed by atoms with Crippen LogP contribution in [0.2, 0.25) is 0 Å². The second-order valence-electron chi connectivity index (χ2n) is 3.63. The molecule has 0 atom stereocenters. The molecule has 0 radical (unpaired) electrons. The third-order valence-corrected chi connectivity index (χ3v) is 2.68. The van der Waals surface area contributed by atoms with Gasteiger partial charge in [-0.2, -0.15) is 0 Å². The average Bonchev–Trinajstić information content (AvgIpc) is 2.86. The lowest BCUT2D eigenvalue weighted by Gasteiger charge is -2.10. The van der Waals surface area contributed by atoms with E-state index < -0.39 is 0 Å². The van der Waals surface area contributed by atoms with Gasteiger partial charge in [0.15, 0.2) is 0 Å². The second kappa shape index (κ2) is 2.56. The molecule has 2 heteroatoms. The number of pyridine rings is 1. The maximum atomic E-state index is 9.15. The number of hydrogen-bond donors (Lipinski definition) is 1. The van der Waals surface area contributed by atoms with E-state index in [4.69, 9.17) is 5.11 Å². The molecule has 0 saturated heterocycles. The van der Waals surface area contributed by atoms with Crippen LogP contribution in [0.25, 0.3) is 0 Å². The number of hydrogen-bond acceptors (Lipinski definition) is 2. The molecule has 0 spiro atoms. The lowest BCUT2D eigenvalue weighted by molar-refractivity contribution is 0.255. The molecule has 64 valence electrons. The predicted molar refractivity (Wildman–Crippen MR) is 47.0 cm³/mol. The van der Waals surface area contributed by atoms with Crippen molar-refractivity contribution in [2.45, 2.75) is 25.2 Å². The van der Waals surface area contributed by atoms with E-state index in [1.807, 2.05) is 19.2 Å². The molecule has 0 bridgehead atoms. The van der Waals surface area contributed by atoms with Gasteiger partial charge < -0.3 is 5.11 Å². The molecule has 0 aliphatic heterocycles. The van der Waals surface area contributed by atoms with Crippen LogP contribution in [0.4, 0.5) is 0 Å². The van der Waals surface area contributed by atoms with E-state index in [1.165, 1.54) is 5.56 Å². The van der Waals surface area contributed by atoms with Crippen molar-refractivity contribution in [3.63, 3.8) is 0 Å². The van der Waals surface area contributed by atoms with Crippen molar-refractivity contribution in [2.75, 3.05) is 6.61 Å². The van der Waals surface area contributed by atoms with Crippen LogP contribution in [0.15, 0.2) is 18.3 Å². The topological polar surface area (TPSA) is 33.1 Å². The fourth-order valence-electron chi connectivity index (χ4n) is 1.47. The molecule has 2 nitrogen and oxygen atoms in total. The van der Waals surface area contributed by atoms with Gasteiger partial charge in [0.25, 0.3) is 0 Å². The lowest BCUT2D eigenvalue weighted by Crippen LogP contribution is -2.11. The van der Waals surface area contributed by atoms with Crippen LogP contribution in [0.1, 0.15) is 24.1 Å². The molecule has 0 aromatic carbocycles. The predicted octanol–water partition coefficient (Wildman–Crippen LogP) is 1.41. The number of aliphatic hydroxyl groups excluding tert-OH is 1. The number of rotatable bonds is 2. The highest BCUT2D eigenvalue weighted by atomic mass is 16.3. The first-order valence-corrected chi connectivity index (χ1v) is 4.31. The summed E-state index contributed by atoms with van der Waals surface area (Å²) in [5.41, 5.74) is 2.30. The van der Waals surface area contributed by atoms with E-state index in [-0.39, 0.29) is 12.0 Å². The summed E-state index contributed by atoms with van der Waals surface area (Å²) in [5, 5.41) is 9.15. The molecule has 1 aromatic heterocycles. The zero-order valence-corrected chi connectivity index (χ0v) is 7.25. The number of aromatic nitrogens is 1. The summed E-state index contributed by atoms with van der Waals surface area (Å²) in [6, 6.07) is 4.08. The van der Waals surface area contributed by atoms with E-state index in [2.05, 4.69) is 11.1 Å². The maximum Gasteiger partial charge on any atom is 0.0528 e. The molecule has 1 N–H and O–H groups in total. The third-order valence-electron chi connectivity index (χ3n) is 2.68. The molecule has 0 unspecified atom stereocenters. The van der Waals surface area contributed by atoms with Crippen LogP contribution in [0, 0.1) is 6.92 Å². The van der Waals surface area contributed by atoms with Gasteiger partial charge in [-0.1, -0.05) is 6.07 Å². The number of aliphatic hydroxyl groups is 1. The zero-order valence-electron chi connectivity index (χ0n) is 7.25. The van der Waals surface area contributed by atoms with Crippen LogP contribution in [-0.2, 0) is 5.41 Å². The minimum atomic E-state index is 0.0701. The van der Waals surface area contributed by atoms with Crippen LogP contribution in [-0.4, -0.2) is 16.7 Å². The van der Waals surface area contributed by atoms with Gasteiger partial charge in [-0.25, -0.2) is 0 Å². The van der Waals surface area contributed by atoms with Crippen molar-refractivity contribution in [3.05, 3.63) is 29.6 Å². The van der Waals surface area contributed by atoms with E-state index in [0.29, 0.717) is 0 Å². The van der Waals surface area contributed by atoms with E-state index >= 15 is 0 Å². The van der Waals surface area contributed by atoms with Crippen molar-refractivity contribution in [3.8, 4) is 0 Å². The van der Waals surface area contributed by atoms with Crippen LogP contribution in [0.5, 0.6) is 0 Å². The van der Waals surface area contributed by atoms with Crippen molar-refractivity contribution in [2.24, 2.45) is 0 Å². The van der Waals surface area contributed by atoms with Crippen molar-refractivity contribution >= 4 is 0 Å². The summed E-state index contributed by atoms with van der Waals surface area (Å²) in [5.74, 6) is 0. The normalized spacial score (nSPS) is 19.2. The van der Waals surface area contributed by atoms with Crippen LogP contribution >= 0.6 is 0 Å². The summed E-state index contributed by atoms with van der Waals surface area (Å²) in [6.07, 6.45) is 4.10. The molecule has 1 aliphatic carbocycles. The SMILES string of the molecule is Cc1ccc(C2(CO)CC2)cn1. The van der Waals surface area contributed by atoms with Crippen LogP contribution < -0.4 is 0 Å². The highest BCUT2D eigenvalue weighted by molar-refractivity contribution is 5.29. The largest absolute Gasteiger partial charge is 0.395 e. The van der Waals surface area contributed by atoms with Crippen molar-refractivity contribution < 1.29 is 5.11 Å². The van der Waals surface area contributed by atoms with Gasteiger partial charge in [0.1, 0.15) is 0 Å². The molecule has 0 amide bonds.